The van der Waals surface area contributed by atoms with Crippen LogP contribution in [0.1, 0.15) is 40.2 Å². The molecule has 1 saturated carbocycles. The summed E-state index contributed by atoms with van der Waals surface area (Å²) in [6.07, 6.45) is -0.563. The van der Waals surface area contributed by atoms with E-state index in [0.29, 0.717) is 17.7 Å². The Hall–Kier alpha value is -2.82. The molecule has 2 N–H and O–H groups in total. The maximum absolute atomic E-state index is 12.3. The second-order valence-electron chi connectivity index (χ2n) is 8.50. The van der Waals surface area contributed by atoms with E-state index in [1.807, 2.05) is 80.6 Å². The number of hydrogen-bond acceptors (Lipinski definition) is 4. The summed E-state index contributed by atoms with van der Waals surface area (Å²) >= 11 is 0. The van der Waals surface area contributed by atoms with Crippen molar-refractivity contribution in [1.82, 2.24) is 0 Å². The molecule has 0 bridgehead atoms. The van der Waals surface area contributed by atoms with Gasteiger partial charge in [-0.05, 0) is 60.7 Å². The third kappa shape index (κ3) is 2.35. The fourth-order valence-electron chi connectivity index (χ4n) is 5.62. The van der Waals surface area contributed by atoms with Crippen LogP contribution in [0.15, 0.2) is 66.7 Å². The van der Waals surface area contributed by atoms with Crippen LogP contribution in [0.5, 0.6) is 11.5 Å². The van der Waals surface area contributed by atoms with Crippen molar-refractivity contribution in [3.05, 3.63) is 94.5 Å². The van der Waals surface area contributed by atoms with Gasteiger partial charge in [-0.2, -0.15) is 0 Å². The second-order valence-corrected chi connectivity index (χ2v) is 8.50. The summed E-state index contributed by atoms with van der Waals surface area (Å²) in [4.78, 5) is 0. The predicted octanol–water partition coefficient (Wildman–Crippen LogP) is 4.34. The molecular weight excluding hydrogens is 376 g/mol. The highest BCUT2D eigenvalue weighted by molar-refractivity contribution is 5.58. The molecule has 30 heavy (non-hydrogen) atoms. The fraction of sp³-hybridized carbons (Fsp3) is 0.308. The van der Waals surface area contributed by atoms with Gasteiger partial charge >= 0.3 is 0 Å². The Bertz CT molecular complexity index is 1090. The van der Waals surface area contributed by atoms with Crippen LogP contribution in [0, 0.1) is 13.8 Å². The van der Waals surface area contributed by atoms with Gasteiger partial charge in [0.2, 0.25) is 0 Å². The Morgan fingerprint density at radius 2 is 1.70 bits per heavy atom. The van der Waals surface area contributed by atoms with E-state index in [4.69, 9.17) is 9.47 Å². The number of rotatable bonds is 3. The predicted molar refractivity (Wildman–Crippen MR) is 115 cm³/mol. The number of aliphatic hydroxyl groups excluding tert-OH is 1. The molecule has 4 nitrogen and oxygen atoms in total. The minimum atomic E-state index is -1.56. The van der Waals surface area contributed by atoms with Crippen molar-refractivity contribution in [2.24, 2.45) is 0 Å². The topological polar surface area (TPSA) is 58.9 Å². The molecule has 1 heterocycles. The second kappa shape index (κ2) is 6.59. The van der Waals surface area contributed by atoms with Crippen molar-refractivity contribution in [3.63, 3.8) is 0 Å². The van der Waals surface area contributed by atoms with E-state index in [0.717, 1.165) is 28.0 Å². The summed E-state index contributed by atoms with van der Waals surface area (Å²) < 4.78 is 12.1. The fourth-order valence-corrected chi connectivity index (χ4v) is 5.62. The maximum atomic E-state index is 12.3. The van der Waals surface area contributed by atoms with Gasteiger partial charge in [0, 0.05) is 11.5 Å². The first-order valence-corrected chi connectivity index (χ1v) is 10.3. The SMILES string of the molecule is COc1ccc([C@@]23Oc4cc(C)cc(C)c4[C@]2(O)[C@@H](O)C[C@H]3c2ccccc2)cc1. The van der Waals surface area contributed by atoms with E-state index in [1.54, 1.807) is 7.11 Å². The van der Waals surface area contributed by atoms with Crippen molar-refractivity contribution in [2.45, 2.75) is 43.5 Å². The number of aryl methyl sites for hydroxylation is 2. The highest BCUT2D eigenvalue weighted by atomic mass is 16.5. The molecule has 0 unspecified atom stereocenters. The minimum absolute atomic E-state index is 0.223. The van der Waals surface area contributed by atoms with Gasteiger partial charge in [0.15, 0.2) is 11.2 Å². The molecule has 0 radical (unpaired) electrons. The third-order valence-corrected chi connectivity index (χ3v) is 6.81. The minimum Gasteiger partial charge on any atom is -0.497 e. The quantitative estimate of drug-likeness (QED) is 0.684. The van der Waals surface area contributed by atoms with Crippen LogP contribution in [0.2, 0.25) is 0 Å². The van der Waals surface area contributed by atoms with Crippen molar-refractivity contribution in [2.75, 3.05) is 7.11 Å². The van der Waals surface area contributed by atoms with Crippen molar-refractivity contribution < 1.29 is 19.7 Å². The number of ether oxygens (including phenoxy) is 2. The summed E-state index contributed by atoms with van der Waals surface area (Å²) in [7, 11) is 1.63. The number of fused-ring (bicyclic) bond motifs is 3. The Balaban J connectivity index is 1.81. The summed E-state index contributed by atoms with van der Waals surface area (Å²) in [6.45, 7) is 3.99. The van der Waals surface area contributed by atoms with E-state index in [2.05, 4.69) is 0 Å². The lowest BCUT2D eigenvalue weighted by molar-refractivity contribution is -0.149. The molecule has 0 spiro atoms. The van der Waals surface area contributed by atoms with E-state index in [-0.39, 0.29) is 5.92 Å². The van der Waals surface area contributed by atoms with Crippen LogP contribution < -0.4 is 9.47 Å². The highest BCUT2D eigenvalue weighted by Crippen LogP contribution is 2.67. The molecular formula is C26H26O4. The van der Waals surface area contributed by atoms with Crippen LogP contribution >= 0.6 is 0 Å². The summed E-state index contributed by atoms with van der Waals surface area (Å²) in [5.74, 6) is 1.15. The Kier molecular flexibility index (Phi) is 4.21. The average Bonchev–Trinajstić information content (AvgIpc) is 3.14. The lowest BCUT2D eigenvalue weighted by atomic mass is 9.70. The van der Waals surface area contributed by atoms with Gasteiger partial charge in [-0.15, -0.1) is 0 Å². The van der Waals surface area contributed by atoms with E-state index < -0.39 is 17.3 Å². The van der Waals surface area contributed by atoms with Crippen LogP contribution in [0.25, 0.3) is 0 Å². The normalized spacial score (nSPS) is 29.2. The van der Waals surface area contributed by atoms with E-state index >= 15 is 0 Å². The smallest absolute Gasteiger partial charge is 0.176 e. The molecule has 0 amide bonds. The number of benzene rings is 3. The zero-order chi connectivity index (χ0) is 21.1. The summed E-state index contributed by atoms with van der Waals surface area (Å²) in [5.41, 5.74) is 1.83. The lowest BCUT2D eigenvalue weighted by Gasteiger charge is -2.41. The maximum Gasteiger partial charge on any atom is 0.176 e. The summed E-state index contributed by atoms with van der Waals surface area (Å²) in [5, 5.41) is 23.6. The highest BCUT2D eigenvalue weighted by Gasteiger charge is 2.72. The Labute approximate surface area is 176 Å². The van der Waals surface area contributed by atoms with E-state index in [1.165, 1.54) is 0 Å². The van der Waals surface area contributed by atoms with E-state index in [9.17, 15) is 10.2 Å². The molecule has 2 aliphatic rings. The van der Waals surface area contributed by atoms with Crippen molar-refractivity contribution >= 4 is 0 Å². The van der Waals surface area contributed by atoms with Crippen LogP contribution in [0.3, 0.4) is 0 Å². The first kappa shape index (κ1) is 19.2. The number of methoxy groups -OCH3 is 1. The molecule has 1 aliphatic carbocycles. The lowest BCUT2D eigenvalue weighted by Crippen LogP contribution is -2.52. The third-order valence-electron chi connectivity index (χ3n) is 6.81. The molecule has 4 atom stereocenters. The summed E-state index contributed by atoms with van der Waals surface area (Å²) in [6, 6.07) is 21.6. The zero-order valence-corrected chi connectivity index (χ0v) is 17.4. The number of aliphatic hydroxyl groups is 2. The standard InChI is InChI=1S/C26H26O4/c1-16-13-17(2)24-22(14-16)30-26(19-9-11-20(29-3)12-10-19)21(15-23(27)25(24,26)28)18-7-5-4-6-8-18/h4-14,21,23,27-28H,15H2,1-3H3/t21-,23-,25+,26-/m0/s1. The van der Waals surface area contributed by atoms with Crippen LogP contribution in [-0.4, -0.2) is 23.4 Å². The molecule has 3 aromatic carbocycles. The molecule has 154 valence electrons. The first-order valence-electron chi connectivity index (χ1n) is 10.3. The Morgan fingerprint density at radius 3 is 2.37 bits per heavy atom. The van der Waals surface area contributed by atoms with Gasteiger partial charge in [0.1, 0.15) is 11.5 Å². The van der Waals surface area contributed by atoms with Crippen molar-refractivity contribution in [1.29, 1.82) is 0 Å². The molecule has 0 saturated heterocycles. The van der Waals surface area contributed by atoms with Gasteiger partial charge in [0.05, 0.1) is 13.2 Å². The van der Waals surface area contributed by atoms with Crippen molar-refractivity contribution in [3.8, 4) is 11.5 Å². The zero-order valence-electron chi connectivity index (χ0n) is 17.4. The van der Waals surface area contributed by atoms with Crippen LogP contribution in [-0.2, 0) is 11.2 Å². The van der Waals surface area contributed by atoms with Gasteiger partial charge < -0.3 is 19.7 Å². The number of hydrogen-bond donors (Lipinski definition) is 2. The van der Waals surface area contributed by atoms with Gasteiger partial charge in [-0.1, -0.05) is 48.5 Å². The van der Waals surface area contributed by atoms with Gasteiger partial charge in [-0.3, -0.25) is 0 Å². The molecule has 0 aromatic heterocycles. The van der Waals surface area contributed by atoms with Gasteiger partial charge in [0.25, 0.3) is 0 Å². The molecule has 4 heteroatoms. The van der Waals surface area contributed by atoms with Crippen LogP contribution in [0.4, 0.5) is 0 Å². The average molecular weight is 402 g/mol. The molecule has 1 fully saturated rings. The molecule has 3 aromatic rings. The first-order chi connectivity index (χ1) is 14.4. The largest absolute Gasteiger partial charge is 0.497 e. The Morgan fingerprint density at radius 1 is 1.00 bits per heavy atom. The molecule has 1 aliphatic heterocycles. The molecule has 5 rings (SSSR count). The van der Waals surface area contributed by atoms with Gasteiger partial charge in [-0.25, -0.2) is 0 Å². The monoisotopic (exact) mass is 402 g/mol.